The Balaban J connectivity index is 1.36. The average Bonchev–Trinajstić information content (AvgIpc) is 2.88. The second kappa shape index (κ2) is 9.97. The number of para-hydroxylation sites is 1. The quantitative estimate of drug-likeness (QED) is 0.398. The molecule has 8 heteroatoms. The fourth-order valence-electron chi connectivity index (χ4n) is 4.59. The first-order chi connectivity index (χ1) is 17.3. The summed E-state index contributed by atoms with van der Waals surface area (Å²) in [5, 5.41) is 4.44. The molecule has 1 N–H and O–H groups in total. The van der Waals surface area contributed by atoms with Crippen LogP contribution >= 0.6 is 0 Å². The van der Waals surface area contributed by atoms with Crippen molar-refractivity contribution >= 4 is 32.4 Å². The van der Waals surface area contributed by atoms with Crippen LogP contribution in [0.15, 0.2) is 77.7 Å². The molecular formula is C28H31N5O2S. The molecule has 1 aliphatic heterocycles. The molecule has 0 aliphatic carbocycles. The maximum Gasteiger partial charge on any atom is 0.243 e. The van der Waals surface area contributed by atoms with E-state index in [-0.39, 0.29) is 6.04 Å². The van der Waals surface area contributed by atoms with Gasteiger partial charge in [-0.05, 0) is 62.7 Å². The Kier molecular flexibility index (Phi) is 6.75. The maximum absolute atomic E-state index is 13.1. The summed E-state index contributed by atoms with van der Waals surface area (Å²) in [6, 6.07) is 23.2. The molecule has 4 aromatic rings. The molecule has 1 aliphatic rings. The van der Waals surface area contributed by atoms with Crippen LogP contribution in [0.2, 0.25) is 0 Å². The van der Waals surface area contributed by atoms with Crippen molar-refractivity contribution in [3.63, 3.8) is 0 Å². The Bertz CT molecular complexity index is 1480. The molecule has 0 bridgehead atoms. The SMILES string of the molecule is Cc1ccc(S(=O)(=O)N2CCN([C@@H](C)c3nc(Nc4cccc(C)c4)c4ccccc4n3)CC2)cc1. The Hall–Kier alpha value is -3.33. The third-order valence-electron chi connectivity index (χ3n) is 6.75. The molecule has 3 aromatic carbocycles. The molecule has 1 atom stereocenters. The number of benzene rings is 3. The van der Waals surface area contributed by atoms with Gasteiger partial charge in [0.2, 0.25) is 10.0 Å². The van der Waals surface area contributed by atoms with E-state index in [1.54, 1.807) is 16.4 Å². The van der Waals surface area contributed by atoms with Crippen LogP contribution in [0.25, 0.3) is 10.9 Å². The van der Waals surface area contributed by atoms with Gasteiger partial charge in [0.1, 0.15) is 11.6 Å². The molecule has 36 heavy (non-hydrogen) atoms. The highest BCUT2D eigenvalue weighted by Crippen LogP contribution is 2.28. The average molecular weight is 502 g/mol. The van der Waals surface area contributed by atoms with Crippen LogP contribution in [-0.4, -0.2) is 53.8 Å². The summed E-state index contributed by atoms with van der Waals surface area (Å²) in [7, 11) is -3.50. The number of nitrogens with one attached hydrogen (secondary N) is 1. The summed E-state index contributed by atoms with van der Waals surface area (Å²) in [5.74, 6) is 1.49. The molecule has 0 spiro atoms. The fourth-order valence-corrected chi connectivity index (χ4v) is 6.01. The number of hydrogen-bond donors (Lipinski definition) is 1. The van der Waals surface area contributed by atoms with Crippen LogP contribution in [0.4, 0.5) is 11.5 Å². The minimum absolute atomic E-state index is 0.0584. The molecule has 7 nitrogen and oxygen atoms in total. The van der Waals surface area contributed by atoms with Crippen molar-refractivity contribution < 1.29 is 8.42 Å². The van der Waals surface area contributed by atoms with Gasteiger partial charge in [0.15, 0.2) is 0 Å². The van der Waals surface area contributed by atoms with Crippen molar-refractivity contribution in [2.45, 2.75) is 31.7 Å². The number of aromatic nitrogens is 2. The molecule has 0 saturated carbocycles. The Morgan fingerprint density at radius 2 is 1.56 bits per heavy atom. The zero-order valence-electron chi connectivity index (χ0n) is 20.8. The minimum Gasteiger partial charge on any atom is -0.340 e. The lowest BCUT2D eigenvalue weighted by Gasteiger charge is -2.36. The van der Waals surface area contributed by atoms with Crippen LogP contribution in [-0.2, 0) is 10.0 Å². The largest absolute Gasteiger partial charge is 0.340 e. The number of aryl methyl sites for hydroxylation is 2. The first-order valence-electron chi connectivity index (χ1n) is 12.2. The van der Waals surface area contributed by atoms with E-state index in [9.17, 15) is 8.42 Å². The molecule has 1 saturated heterocycles. The summed E-state index contributed by atoms with van der Waals surface area (Å²) in [6.45, 7) is 8.20. The molecule has 1 fully saturated rings. The van der Waals surface area contributed by atoms with Crippen LogP contribution in [0.3, 0.4) is 0 Å². The van der Waals surface area contributed by atoms with Gasteiger partial charge in [0.05, 0.1) is 16.5 Å². The van der Waals surface area contributed by atoms with E-state index in [1.807, 2.05) is 55.5 Å². The fraction of sp³-hybridized carbons (Fsp3) is 0.286. The summed E-state index contributed by atoms with van der Waals surface area (Å²) in [4.78, 5) is 12.4. The molecular weight excluding hydrogens is 470 g/mol. The molecule has 186 valence electrons. The van der Waals surface area contributed by atoms with Gasteiger partial charge in [-0.2, -0.15) is 4.31 Å². The number of nitrogens with zero attached hydrogens (tertiary/aromatic N) is 4. The van der Waals surface area contributed by atoms with Gasteiger partial charge in [0.25, 0.3) is 0 Å². The van der Waals surface area contributed by atoms with Gasteiger partial charge in [-0.15, -0.1) is 0 Å². The highest BCUT2D eigenvalue weighted by molar-refractivity contribution is 7.89. The van der Waals surface area contributed by atoms with E-state index < -0.39 is 10.0 Å². The third kappa shape index (κ3) is 4.97. The standard InChI is InChI=1S/C28H31N5O2S/c1-20-11-13-24(14-12-20)36(34,35)33-17-15-32(16-18-33)22(3)27-30-26-10-5-4-9-25(26)28(31-27)29-23-8-6-7-21(2)19-23/h4-14,19,22H,15-18H2,1-3H3,(H,29,30,31)/t22-/m0/s1. The van der Waals surface area contributed by atoms with Crippen molar-refractivity contribution in [1.29, 1.82) is 0 Å². The zero-order valence-corrected chi connectivity index (χ0v) is 21.7. The smallest absolute Gasteiger partial charge is 0.243 e. The number of anilines is 2. The molecule has 2 heterocycles. The van der Waals surface area contributed by atoms with E-state index in [0.29, 0.717) is 31.1 Å². The van der Waals surface area contributed by atoms with Crippen LogP contribution < -0.4 is 5.32 Å². The van der Waals surface area contributed by atoms with E-state index in [4.69, 9.17) is 9.97 Å². The number of rotatable bonds is 6. The van der Waals surface area contributed by atoms with Crippen LogP contribution in [0.5, 0.6) is 0 Å². The summed E-state index contributed by atoms with van der Waals surface area (Å²) in [5.41, 5.74) is 4.07. The lowest BCUT2D eigenvalue weighted by molar-refractivity contribution is 0.141. The highest BCUT2D eigenvalue weighted by Gasteiger charge is 2.31. The van der Waals surface area contributed by atoms with E-state index in [1.165, 1.54) is 5.56 Å². The zero-order chi connectivity index (χ0) is 25.3. The lowest BCUT2D eigenvalue weighted by atomic mass is 10.1. The monoisotopic (exact) mass is 501 g/mol. The third-order valence-corrected chi connectivity index (χ3v) is 8.67. The van der Waals surface area contributed by atoms with Crippen molar-refractivity contribution in [2.75, 3.05) is 31.5 Å². The Morgan fingerprint density at radius 3 is 2.28 bits per heavy atom. The van der Waals surface area contributed by atoms with Crippen LogP contribution in [0, 0.1) is 13.8 Å². The van der Waals surface area contributed by atoms with Crippen molar-refractivity contribution in [3.8, 4) is 0 Å². The van der Waals surface area contributed by atoms with Crippen LogP contribution in [0.1, 0.15) is 29.9 Å². The van der Waals surface area contributed by atoms with Crippen molar-refractivity contribution in [2.24, 2.45) is 0 Å². The van der Waals surface area contributed by atoms with Gasteiger partial charge >= 0.3 is 0 Å². The molecule has 1 aromatic heterocycles. The summed E-state index contributed by atoms with van der Waals surface area (Å²) in [6.07, 6.45) is 0. The van der Waals surface area contributed by atoms with Gasteiger partial charge in [0, 0.05) is 37.3 Å². The molecule has 0 amide bonds. The number of sulfonamides is 1. The second-order valence-electron chi connectivity index (χ2n) is 9.37. The molecule has 0 radical (unpaired) electrons. The topological polar surface area (TPSA) is 78.4 Å². The minimum atomic E-state index is -3.50. The van der Waals surface area contributed by atoms with E-state index in [0.717, 1.165) is 33.8 Å². The van der Waals surface area contributed by atoms with Gasteiger partial charge < -0.3 is 5.32 Å². The van der Waals surface area contributed by atoms with E-state index >= 15 is 0 Å². The number of fused-ring (bicyclic) bond motifs is 1. The Labute approximate surface area is 212 Å². The predicted molar refractivity (Wildman–Crippen MR) is 144 cm³/mol. The van der Waals surface area contributed by atoms with Gasteiger partial charge in [-0.3, -0.25) is 4.90 Å². The number of hydrogen-bond acceptors (Lipinski definition) is 6. The first kappa shape index (κ1) is 24.4. The van der Waals surface area contributed by atoms with Gasteiger partial charge in [-0.25, -0.2) is 18.4 Å². The second-order valence-corrected chi connectivity index (χ2v) is 11.3. The lowest BCUT2D eigenvalue weighted by Crippen LogP contribution is -2.49. The normalized spacial score (nSPS) is 16.2. The predicted octanol–water partition coefficient (Wildman–Crippen LogP) is 5.06. The number of piperazine rings is 1. The first-order valence-corrected chi connectivity index (χ1v) is 13.7. The van der Waals surface area contributed by atoms with Gasteiger partial charge in [-0.1, -0.05) is 42.0 Å². The molecule has 0 unspecified atom stereocenters. The van der Waals surface area contributed by atoms with Crippen molar-refractivity contribution in [3.05, 3.63) is 89.7 Å². The summed E-state index contributed by atoms with van der Waals surface area (Å²) < 4.78 is 27.8. The Morgan fingerprint density at radius 1 is 0.833 bits per heavy atom. The van der Waals surface area contributed by atoms with E-state index in [2.05, 4.69) is 36.2 Å². The maximum atomic E-state index is 13.1. The molecule has 5 rings (SSSR count). The summed E-state index contributed by atoms with van der Waals surface area (Å²) >= 11 is 0. The van der Waals surface area contributed by atoms with Crippen molar-refractivity contribution in [1.82, 2.24) is 19.2 Å². The highest BCUT2D eigenvalue weighted by atomic mass is 32.2.